The molecule has 0 amide bonds. The quantitative estimate of drug-likeness (QED) is 0.104. The molecule has 7 nitrogen and oxygen atoms in total. The fourth-order valence-corrected chi connectivity index (χ4v) is 5.79. The van der Waals surface area contributed by atoms with Gasteiger partial charge in [-0.25, -0.2) is 4.98 Å². The van der Waals surface area contributed by atoms with E-state index in [9.17, 15) is 25.5 Å². The highest BCUT2D eigenvalue weighted by Crippen LogP contribution is 2.54. The molecular weight excluding hydrogens is 528 g/mol. The van der Waals surface area contributed by atoms with Crippen LogP contribution in [0.2, 0.25) is 0 Å². The van der Waals surface area contributed by atoms with Crippen molar-refractivity contribution >= 4 is 51.0 Å². The number of imidazole rings is 1. The Morgan fingerprint density at radius 3 is 1.98 bits per heavy atom. The minimum absolute atomic E-state index is 0.192. The minimum atomic E-state index is -0.992. The zero-order valence-electron chi connectivity index (χ0n) is 22.2. The molecule has 7 heteroatoms. The van der Waals surface area contributed by atoms with Crippen molar-refractivity contribution in [2.24, 2.45) is 0 Å². The van der Waals surface area contributed by atoms with E-state index in [4.69, 9.17) is 4.98 Å². The Kier molecular flexibility index (Phi) is 5.39. The van der Waals surface area contributed by atoms with Crippen LogP contribution < -0.4 is 10.4 Å². The molecule has 0 radical (unpaired) electrons. The first-order valence-corrected chi connectivity index (χ1v) is 13.2. The first-order chi connectivity index (χ1) is 20.3. The van der Waals surface area contributed by atoms with E-state index in [0.29, 0.717) is 5.56 Å². The largest absolute Gasteiger partial charge is 0.504 e. The fourth-order valence-electron chi connectivity index (χ4n) is 5.79. The molecule has 0 unspecified atom stereocenters. The zero-order chi connectivity index (χ0) is 29.3. The molecule has 2 aromatic heterocycles. The van der Waals surface area contributed by atoms with Crippen LogP contribution in [0.5, 0.6) is 28.7 Å². The third kappa shape index (κ3) is 3.44. The van der Waals surface area contributed by atoms with Crippen molar-refractivity contribution in [2.75, 3.05) is 0 Å². The molecule has 5 N–H and O–H groups in total. The van der Waals surface area contributed by atoms with Gasteiger partial charge in [-0.1, -0.05) is 86.0 Å². The summed E-state index contributed by atoms with van der Waals surface area (Å²) in [4.78, 5) is 5.04. The highest BCUT2D eigenvalue weighted by Gasteiger charge is 2.24. The summed E-state index contributed by atoms with van der Waals surface area (Å²) in [5.41, 5.74) is 5.57. The summed E-state index contributed by atoms with van der Waals surface area (Å²) < 4.78 is 2.17. The molecule has 204 valence electrons. The number of pyridine rings is 1. The van der Waals surface area contributed by atoms with Gasteiger partial charge >= 0.3 is 0 Å². The van der Waals surface area contributed by atoms with Crippen LogP contribution in [0.25, 0.3) is 73.3 Å². The van der Waals surface area contributed by atoms with Crippen molar-refractivity contribution in [1.29, 1.82) is 0 Å². The predicted molar refractivity (Wildman–Crippen MR) is 166 cm³/mol. The number of para-hydroxylation sites is 2. The molecule has 5 aromatic carbocycles. The van der Waals surface area contributed by atoms with Crippen LogP contribution in [-0.4, -0.2) is 34.9 Å². The predicted octanol–water partition coefficient (Wildman–Crippen LogP) is 6.03. The van der Waals surface area contributed by atoms with Crippen molar-refractivity contribution < 1.29 is 25.5 Å². The summed E-state index contributed by atoms with van der Waals surface area (Å²) in [7, 11) is 0. The smallest absolute Gasteiger partial charge is 0.208 e. The van der Waals surface area contributed by atoms with Crippen LogP contribution >= 0.6 is 0 Å². The number of hydrogen-bond acceptors (Lipinski definition) is 6. The van der Waals surface area contributed by atoms with E-state index in [2.05, 4.69) is 41.8 Å². The Morgan fingerprint density at radius 1 is 0.643 bits per heavy atom. The molecular formula is C35H24N2O5. The van der Waals surface area contributed by atoms with E-state index < -0.39 is 28.7 Å². The van der Waals surface area contributed by atoms with E-state index >= 15 is 0 Å². The van der Waals surface area contributed by atoms with Gasteiger partial charge in [0.15, 0.2) is 11.5 Å². The number of nitrogens with zero attached hydrogens (tertiary/aromatic N) is 2. The Bertz CT molecular complexity index is 2360. The molecule has 0 fully saturated rings. The molecule has 0 saturated heterocycles. The average molecular weight is 553 g/mol. The van der Waals surface area contributed by atoms with Crippen LogP contribution in [0.15, 0.2) is 91.5 Å². The number of rotatable bonds is 3. The van der Waals surface area contributed by atoms with Crippen LogP contribution in [0, 0.1) is 0 Å². The Hall–Kier alpha value is -5.95. The normalized spacial score (nSPS) is 12.1. The Balaban J connectivity index is 1.49. The van der Waals surface area contributed by atoms with Crippen molar-refractivity contribution in [3.8, 4) is 51.0 Å². The van der Waals surface area contributed by atoms with Gasteiger partial charge in [0.2, 0.25) is 17.2 Å². The minimum Gasteiger partial charge on any atom is -0.504 e. The van der Waals surface area contributed by atoms with E-state index in [1.807, 2.05) is 48.5 Å². The molecule has 0 spiro atoms. The molecule has 7 rings (SSSR count). The van der Waals surface area contributed by atoms with Gasteiger partial charge in [-0.15, -0.1) is 0 Å². The number of allylic oxidation sites excluding steroid dienone is 1. The van der Waals surface area contributed by atoms with E-state index in [1.54, 1.807) is 18.2 Å². The molecule has 0 saturated carbocycles. The Morgan fingerprint density at radius 2 is 1.26 bits per heavy atom. The van der Waals surface area contributed by atoms with Gasteiger partial charge in [0, 0.05) is 10.8 Å². The van der Waals surface area contributed by atoms with Gasteiger partial charge < -0.3 is 25.5 Å². The van der Waals surface area contributed by atoms with Gasteiger partial charge in [-0.05, 0) is 50.7 Å². The molecule has 0 aliphatic carbocycles. The fraction of sp³-hybridized carbons (Fsp3) is 0. The lowest BCUT2D eigenvalue weighted by molar-refractivity contribution is 0.330. The van der Waals surface area contributed by atoms with Gasteiger partial charge in [0.1, 0.15) is 5.65 Å². The monoisotopic (exact) mass is 552 g/mol. The average Bonchev–Trinajstić information content (AvgIpc) is 3.40. The summed E-state index contributed by atoms with van der Waals surface area (Å²) in [6, 6.07) is 25.3. The highest BCUT2D eigenvalue weighted by atomic mass is 16.4. The molecule has 42 heavy (non-hydrogen) atoms. The van der Waals surface area contributed by atoms with Gasteiger partial charge in [-0.3, -0.25) is 4.40 Å². The van der Waals surface area contributed by atoms with Crippen molar-refractivity contribution in [3.63, 3.8) is 0 Å². The Labute approximate surface area is 238 Å². The van der Waals surface area contributed by atoms with Crippen LogP contribution in [0.1, 0.15) is 0 Å². The molecule has 0 aliphatic heterocycles. The number of aromatic nitrogens is 2. The number of benzene rings is 5. The number of fused-ring (bicyclic) bond motifs is 8. The topological polar surface area (TPSA) is 118 Å². The van der Waals surface area contributed by atoms with E-state index in [-0.39, 0.29) is 5.56 Å². The standard InChI is InChI=1S/C35H24N2O5/c1-3-6-22-18(2)9-15-24-23-16-14-21(17-27(23)37-26-8-5-4-7-25(26)36-35(37)29(22)24)19-10-12-20(13-11-19)28-30(38)32(40)34(42)33(41)31(28)39/h3-17,38-42H,1-2H2/b22-6+. The maximum Gasteiger partial charge on any atom is 0.208 e. The molecule has 0 aliphatic rings. The molecule has 2 heterocycles. The van der Waals surface area contributed by atoms with Gasteiger partial charge in [0.05, 0.1) is 22.1 Å². The summed E-state index contributed by atoms with van der Waals surface area (Å²) >= 11 is 0. The maximum absolute atomic E-state index is 10.4. The summed E-state index contributed by atoms with van der Waals surface area (Å²) in [6.07, 6.45) is 3.73. The second kappa shape index (κ2) is 9.04. The maximum atomic E-state index is 10.4. The number of aromatic hydroxyl groups is 5. The summed E-state index contributed by atoms with van der Waals surface area (Å²) in [5, 5.41) is 55.4. The van der Waals surface area contributed by atoms with Crippen molar-refractivity contribution in [3.05, 3.63) is 102 Å². The van der Waals surface area contributed by atoms with E-state index in [0.717, 1.165) is 59.9 Å². The van der Waals surface area contributed by atoms with Gasteiger partial charge in [0.25, 0.3) is 0 Å². The second-order valence-electron chi connectivity index (χ2n) is 10.2. The molecule has 0 bridgehead atoms. The van der Waals surface area contributed by atoms with Crippen molar-refractivity contribution in [1.82, 2.24) is 9.38 Å². The lowest BCUT2D eigenvalue weighted by atomic mass is 9.96. The summed E-state index contributed by atoms with van der Waals surface area (Å²) in [6.45, 7) is 8.16. The van der Waals surface area contributed by atoms with E-state index in [1.165, 1.54) is 0 Å². The molecule has 0 atom stereocenters. The third-order valence-corrected chi connectivity index (χ3v) is 7.81. The lowest BCUT2D eigenvalue weighted by Gasteiger charge is -2.14. The third-order valence-electron chi connectivity index (χ3n) is 7.81. The van der Waals surface area contributed by atoms with Crippen molar-refractivity contribution in [2.45, 2.75) is 0 Å². The zero-order valence-corrected chi connectivity index (χ0v) is 22.2. The molecule has 7 aromatic rings. The van der Waals surface area contributed by atoms with Crippen LogP contribution in [0.4, 0.5) is 0 Å². The summed E-state index contributed by atoms with van der Waals surface area (Å²) in [5.74, 6) is -4.29. The van der Waals surface area contributed by atoms with Crippen LogP contribution in [-0.2, 0) is 0 Å². The van der Waals surface area contributed by atoms with Crippen LogP contribution in [0.3, 0.4) is 0 Å². The number of hydrogen-bond donors (Lipinski definition) is 5. The number of phenolic OH excluding ortho intramolecular Hbond substituents is 5. The first kappa shape index (κ1) is 25.0. The SMILES string of the molecule is C=C/C=c1\c(=C)ccc2c3ccc(-c4ccc(-c5c(O)c(O)c(O)c(O)c5O)cc4)cc3n3c4ccccc4nc3c12. The highest BCUT2D eigenvalue weighted by molar-refractivity contribution is 6.14. The second-order valence-corrected chi connectivity index (χ2v) is 10.2. The number of phenols is 5. The first-order valence-electron chi connectivity index (χ1n) is 13.2. The van der Waals surface area contributed by atoms with Gasteiger partial charge in [-0.2, -0.15) is 0 Å². The lowest BCUT2D eigenvalue weighted by Crippen LogP contribution is -2.24.